The lowest BCUT2D eigenvalue weighted by Crippen LogP contribution is -2.42. The number of hydrogen-bond donors (Lipinski definition) is 2. The first kappa shape index (κ1) is 11.9. The minimum Gasteiger partial charge on any atom is -0.331 e. The Kier molecular flexibility index (Phi) is 2.57. The predicted molar refractivity (Wildman–Crippen MR) is 76.5 cm³/mol. The van der Waals surface area contributed by atoms with E-state index in [4.69, 9.17) is 0 Å². The smallest absolute Gasteiger partial charge is 0.254 e. The largest absolute Gasteiger partial charge is 0.331 e. The van der Waals surface area contributed by atoms with Crippen molar-refractivity contribution in [3.05, 3.63) is 30.0 Å². The zero-order valence-corrected chi connectivity index (χ0v) is 11.5. The molecule has 5 nitrogen and oxygen atoms in total. The van der Waals surface area contributed by atoms with Gasteiger partial charge in [0, 0.05) is 36.1 Å². The number of carbonyl (C=O) groups is 1. The highest BCUT2D eigenvalue weighted by atomic mass is 16.2. The normalized spacial score (nSPS) is 29.1. The van der Waals surface area contributed by atoms with E-state index in [1.54, 1.807) is 6.20 Å². The van der Waals surface area contributed by atoms with Crippen LogP contribution < -0.4 is 5.32 Å². The van der Waals surface area contributed by atoms with Gasteiger partial charge in [0.1, 0.15) is 0 Å². The first-order valence-corrected chi connectivity index (χ1v) is 7.20. The summed E-state index contributed by atoms with van der Waals surface area (Å²) in [5.74, 6) is 0.759. The maximum atomic E-state index is 12.8. The first-order valence-electron chi connectivity index (χ1n) is 7.20. The summed E-state index contributed by atoms with van der Waals surface area (Å²) in [6.07, 6.45) is 2.88. The van der Waals surface area contributed by atoms with Crippen molar-refractivity contribution in [2.24, 2.45) is 5.92 Å². The van der Waals surface area contributed by atoms with Gasteiger partial charge in [0.2, 0.25) is 0 Å². The van der Waals surface area contributed by atoms with Crippen LogP contribution in [0.3, 0.4) is 0 Å². The molecule has 2 aliphatic heterocycles. The van der Waals surface area contributed by atoms with Crippen LogP contribution in [0.4, 0.5) is 0 Å². The molecule has 0 spiro atoms. The van der Waals surface area contributed by atoms with E-state index in [2.05, 4.69) is 27.3 Å². The lowest BCUT2D eigenvalue weighted by Gasteiger charge is -2.27. The quantitative estimate of drug-likeness (QED) is 0.823. The van der Waals surface area contributed by atoms with Crippen molar-refractivity contribution >= 4 is 16.8 Å². The second kappa shape index (κ2) is 4.31. The zero-order valence-electron chi connectivity index (χ0n) is 11.5. The van der Waals surface area contributed by atoms with Gasteiger partial charge in [0.25, 0.3) is 5.91 Å². The molecule has 3 heterocycles. The van der Waals surface area contributed by atoms with Gasteiger partial charge in [-0.2, -0.15) is 5.10 Å². The van der Waals surface area contributed by atoms with E-state index < -0.39 is 0 Å². The van der Waals surface area contributed by atoms with Crippen LogP contribution in [0, 0.1) is 5.92 Å². The molecule has 2 aliphatic rings. The average molecular weight is 270 g/mol. The number of rotatable bonds is 1. The maximum Gasteiger partial charge on any atom is 0.254 e. The van der Waals surface area contributed by atoms with Crippen molar-refractivity contribution in [1.29, 1.82) is 0 Å². The molecule has 0 aliphatic carbocycles. The van der Waals surface area contributed by atoms with Crippen LogP contribution in [0.1, 0.15) is 23.7 Å². The molecule has 0 saturated carbocycles. The number of fused-ring (bicyclic) bond motifs is 2. The number of nitrogens with one attached hydrogen (secondary N) is 2. The number of likely N-dealkylation sites (tertiary alicyclic amines) is 1. The van der Waals surface area contributed by atoms with Crippen LogP contribution in [0.2, 0.25) is 0 Å². The third kappa shape index (κ3) is 1.66. The molecule has 2 fully saturated rings. The van der Waals surface area contributed by atoms with E-state index in [1.807, 2.05) is 18.2 Å². The molecule has 5 heteroatoms. The predicted octanol–water partition coefficient (Wildman–Crippen LogP) is 1.39. The van der Waals surface area contributed by atoms with Crippen molar-refractivity contribution in [3.63, 3.8) is 0 Å². The van der Waals surface area contributed by atoms with Crippen molar-refractivity contribution in [3.8, 4) is 0 Å². The topological polar surface area (TPSA) is 61.0 Å². The first-order chi connectivity index (χ1) is 9.74. The number of aromatic nitrogens is 2. The van der Waals surface area contributed by atoms with Gasteiger partial charge < -0.3 is 10.2 Å². The fourth-order valence-electron chi connectivity index (χ4n) is 3.73. The van der Waals surface area contributed by atoms with Gasteiger partial charge in [-0.25, -0.2) is 0 Å². The van der Waals surface area contributed by atoms with Crippen LogP contribution in [0.25, 0.3) is 10.9 Å². The summed E-state index contributed by atoms with van der Waals surface area (Å²) >= 11 is 0. The molecule has 3 unspecified atom stereocenters. The summed E-state index contributed by atoms with van der Waals surface area (Å²) in [5.41, 5.74) is 1.67. The van der Waals surface area contributed by atoms with Crippen molar-refractivity contribution in [2.75, 3.05) is 13.1 Å². The average Bonchev–Trinajstić information content (AvgIpc) is 3.11. The van der Waals surface area contributed by atoms with Crippen molar-refractivity contribution in [1.82, 2.24) is 20.4 Å². The maximum absolute atomic E-state index is 12.8. The number of carbonyl (C=O) groups excluding carboxylic acids is 1. The lowest BCUT2D eigenvalue weighted by atomic mass is 10.0. The Hall–Kier alpha value is -1.88. The molecule has 3 atom stereocenters. The molecule has 104 valence electrons. The highest BCUT2D eigenvalue weighted by molar-refractivity contribution is 5.98. The van der Waals surface area contributed by atoms with Crippen molar-refractivity contribution < 1.29 is 4.79 Å². The second-order valence-electron chi connectivity index (χ2n) is 5.95. The van der Waals surface area contributed by atoms with Crippen LogP contribution in [0.5, 0.6) is 0 Å². The van der Waals surface area contributed by atoms with E-state index in [-0.39, 0.29) is 5.91 Å². The number of hydrogen-bond acceptors (Lipinski definition) is 3. The Morgan fingerprint density at radius 2 is 2.30 bits per heavy atom. The molecule has 4 rings (SSSR count). The number of H-pyrrole nitrogens is 1. The SMILES string of the molecule is CC1CC2CNCC2N1C(=O)c1ccc2cn[nH]c2c1. The molecule has 2 saturated heterocycles. The third-order valence-corrected chi connectivity index (χ3v) is 4.70. The van der Waals surface area contributed by atoms with Gasteiger partial charge >= 0.3 is 0 Å². The molecule has 0 radical (unpaired) electrons. The molecule has 0 bridgehead atoms. The minimum absolute atomic E-state index is 0.144. The standard InChI is InChI=1S/C15H18N4O/c1-9-4-12-6-16-8-14(12)19(9)15(20)10-2-3-11-7-17-18-13(11)5-10/h2-3,5,7,9,12,14,16H,4,6,8H2,1H3,(H,17,18). The van der Waals surface area contributed by atoms with Crippen LogP contribution in [-0.2, 0) is 0 Å². The van der Waals surface area contributed by atoms with E-state index in [0.29, 0.717) is 18.0 Å². The van der Waals surface area contributed by atoms with E-state index >= 15 is 0 Å². The lowest BCUT2D eigenvalue weighted by molar-refractivity contribution is 0.0682. The van der Waals surface area contributed by atoms with Gasteiger partial charge in [-0.1, -0.05) is 6.07 Å². The van der Waals surface area contributed by atoms with E-state index in [0.717, 1.165) is 36.0 Å². The Morgan fingerprint density at radius 3 is 3.20 bits per heavy atom. The molecule has 2 N–H and O–H groups in total. The summed E-state index contributed by atoms with van der Waals surface area (Å²) in [6.45, 7) is 4.12. The molecule has 1 aromatic carbocycles. The highest BCUT2D eigenvalue weighted by Crippen LogP contribution is 2.33. The Balaban J connectivity index is 1.68. The molecule has 1 amide bonds. The summed E-state index contributed by atoms with van der Waals surface area (Å²) in [5, 5.41) is 11.4. The molecular formula is C15H18N4O. The fourth-order valence-corrected chi connectivity index (χ4v) is 3.73. The second-order valence-corrected chi connectivity index (χ2v) is 5.95. The van der Waals surface area contributed by atoms with Gasteiger partial charge in [-0.05, 0) is 31.4 Å². The summed E-state index contributed by atoms with van der Waals surface area (Å²) in [6, 6.07) is 6.46. The van der Waals surface area contributed by atoms with Gasteiger partial charge in [0.15, 0.2) is 0 Å². The zero-order chi connectivity index (χ0) is 13.7. The number of benzene rings is 1. The Labute approximate surface area is 117 Å². The monoisotopic (exact) mass is 270 g/mol. The Bertz CT molecular complexity index is 665. The van der Waals surface area contributed by atoms with Gasteiger partial charge in [-0.15, -0.1) is 0 Å². The summed E-state index contributed by atoms with van der Waals surface area (Å²) in [7, 11) is 0. The fraction of sp³-hybridized carbons (Fsp3) is 0.467. The van der Waals surface area contributed by atoms with Crippen LogP contribution in [0.15, 0.2) is 24.4 Å². The third-order valence-electron chi connectivity index (χ3n) is 4.70. The van der Waals surface area contributed by atoms with Gasteiger partial charge in [0.05, 0.1) is 11.7 Å². The molecule has 20 heavy (non-hydrogen) atoms. The number of amides is 1. The molecule has 1 aromatic heterocycles. The summed E-state index contributed by atoms with van der Waals surface area (Å²) < 4.78 is 0. The Morgan fingerprint density at radius 1 is 1.40 bits per heavy atom. The van der Waals surface area contributed by atoms with E-state index in [1.165, 1.54) is 0 Å². The van der Waals surface area contributed by atoms with Crippen LogP contribution >= 0.6 is 0 Å². The number of nitrogens with zero attached hydrogens (tertiary/aromatic N) is 2. The van der Waals surface area contributed by atoms with Crippen molar-refractivity contribution in [2.45, 2.75) is 25.4 Å². The van der Waals surface area contributed by atoms with Gasteiger partial charge in [-0.3, -0.25) is 9.89 Å². The molecular weight excluding hydrogens is 252 g/mol. The summed E-state index contributed by atoms with van der Waals surface area (Å²) in [4.78, 5) is 14.9. The highest BCUT2D eigenvalue weighted by Gasteiger charge is 2.44. The van der Waals surface area contributed by atoms with E-state index in [9.17, 15) is 4.79 Å². The number of aromatic amines is 1. The minimum atomic E-state index is 0.144. The van der Waals surface area contributed by atoms with Crippen LogP contribution in [-0.4, -0.2) is 46.2 Å². The molecule has 2 aromatic rings.